The van der Waals surface area contributed by atoms with Gasteiger partial charge in [-0.05, 0) is 48.3 Å². The Morgan fingerprint density at radius 3 is 2.02 bits per heavy atom. The van der Waals surface area contributed by atoms with Gasteiger partial charge < -0.3 is 26.6 Å². The van der Waals surface area contributed by atoms with Crippen LogP contribution in [0.1, 0.15) is 87.0 Å². The summed E-state index contributed by atoms with van der Waals surface area (Å²) in [5.41, 5.74) is 4.55. The minimum absolute atomic E-state index is 0.00986. The van der Waals surface area contributed by atoms with E-state index in [1.54, 1.807) is 0 Å². The fraction of sp³-hybridized carbons (Fsp3) is 0.800. The largest absolute Gasteiger partial charge is 0.363 e. The minimum atomic E-state index is -1.10. The number of nitrogens with one attached hydrogen (secondary N) is 3. The number of urea groups is 1. The van der Waals surface area contributed by atoms with Crippen molar-refractivity contribution in [3.63, 3.8) is 0 Å². The van der Waals surface area contributed by atoms with Crippen LogP contribution in [0.5, 0.6) is 0 Å². The van der Waals surface area contributed by atoms with E-state index in [0.29, 0.717) is 19.4 Å². The van der Waals surface area contributed by atoms with E-state index in [1.165, 1.54) is 4.90 Å². The van der Waals surface area contributed by atoms with Gasteiger partial charge in [-0.2, -0.15) is 0 Å². The van der Waals surface area contributed by atoms with Gasteiger partial charge in [-0.15, -0.1) is 0 Å². The molecule has 5 amide bonds. The lowest BCUT2D eigenvalue weighted by atomic mass is 9.85. The van der Waals surface area contributed by atoms with E-state index >= 15 is 0 Å². The number of hydrogen-bond donors (Lipinski definition) is 4. The average molecular weight is 576 g/mol. The van der Waals surface area contributed by atoms with Crippen molar-refractivity contribution < 1.29 is 28.8 Å². The molecule has 0 aromatic rings. The Kier molecular flexibility index (Phi) is 10.2. The highest BCUT2D eigenvalue weighted by atomic mass is 16.2. The van der Waals surface area contributed by atoms with Crippen LogP contribution in [0.25, 0.3) is 0 Å². The maximum Gasteiger partial charge on any atom is 0.316 e. The first-order valence-corrected chi connectivity index (χ1v) is 15.1. The molecule has 11 heteroatoms. The minimum Gasteiger partial charge on any atom is -0.363 e. The highest BCUT2D eigenvalue weighted by Crippen LogP contribution is 2.36. The molecule has 2 unspecified atom stereocenters. The predicted molar refractivity (Wildman–Crippen MR) is 153 cm³/mol. The zero-order valence-electron chi connectivity index (χ0n) is 25.6. The number of hydrogen-bond acceptors (Lipinski definition) is 6. The number of ketones is 2. The van der Waals surface area contributed by atoms with Crippen molar-refractivity contribution in [2.45, 2.75) is 111 Å². The van der Waals surface area contributed by atoms with E-state index in [-0.39, 0.29) is 35.4 Å². The van der Waals surface area contributed by atoms with Crippen molar-refractivity contribution in [2.24, 2.45) is 40.7 Å². The number of primary amides is 1. The second kappa shape index (κ2) is 12.9. The van der Waals surface area contributed by atoms with Gasteiger partial charge in [-0.25, -0.2) is 4.79 Å². The van der Waals surface area contributed by atoms with Gasteiger partial charge in [0.15, 0.2) is 5.78 Å². The molecule has 1 aliphatic heterocycles. The molecule has 41 heavy (non-hydrogen) atoms. The summed E-state index contributed by atoms with van der Waals surface area (Å²) in [4.78, 5) is 79.5. The molecule has 6 atom stereocenters. The van der Waals surface area contributed by atoms with Crippen LogP contribution in [0.4, 0.5) is 4.79 Å². The molecule has 3 rings (SSSR count). The van der Waals surface area contributed by atoms with Crippen LogP contribution in [-0.4, -0.2) is 70.9 Å². The van der Waals surface area contributed by atoms with E-state index < -0.39 is 59.1 Å². The quantitative estimate of drug-likeness (QED) is 0.245. The van der Waals surface area contributed by atoms with Crippen molar-refractivity contribution in [2.75, 3.05) is 6.54 Å². The smallest absolute Gasteiger partial charge is 0.316 e. The van der Waals surface area contributed by atoms with E-state index in [9.17, 15) is 28.8 Å². The summed E-state index contributed by atoms with van der Waals surface area (Å²) in [5.74, 6) is -2.91. The van der Waals surface area contributed by atoms with Gasteiger partial charge in [-0.1, -0.05) is 67.7 Å². The highest BCUT2D eigenvalue weighted by molar-refractivity contribution is 6.37. The first-order valence-electron chi connectivity index (χ1n) is 15.1. The molecule has 0 aromatic heterocycles. The fourth-order valence-electron chi connectivity index (χ4n) is 5.95. The number of likely N-dealkylation sites (tertiary alicyclic amines) is 1. The molecule has 5 N–H and O–H groups in total. The fourth-order valence-corrected chi connectivity index (χ4v) is 5.95. The van der Waals surface area contributed by atoms with Crippen LogP contribution in [-0.2, 0) is 24.0 Å². The molecule has 0 aromatic carbocycles. The molecule has 0 spiro atoms. The molecule has 230 valence electrons. The van der Waals surface area contributed by atoms with Crippen LogP contribution in [0.3, 0.4) is 0 Å². The molecular formula is C30H49N5O6. The summed E-state index contributed by atoms with van der Waals surface area (Å²) in [7, 11) is 0. The van der Waals surface area contributed by atoms with Gasteiger partial charge in [0.05, 0.1) is 12.1 Å². The zero-order valence-corrected chi connectivity index (χ0v) is 25.6. The third-order valence-corrected chi connectivity index (χ3v) is 8.75. The lowest BCUT2D eigenvalue weighted by molar-refractivity contribution is -0.144. The third-order valence-electron chi connectivity index (χ3n) is 8.75. The third kappa shape index (κ3) is 8.07. The Labute approximate surface area is 243 Å². The van der Waals surface area contributed by atoms with Gasteiger partial charge in [0.2, 0.25) is 17.6 Å². The molecular weight excluding hydrogens is 526 g/mol. The SMILES string of the molecule is CC[C@H]1C(C)CN(C(=O)[C@@H](NC(=O)N[C@H](C(=O)C2CC2)C(C)C)C(C)(C)C)[C@@H]1C(=O)NC(CC1CC1)C(=O)C(N)=O. The number of carbonyl (C=O) groups excluding carboxylic acids is 6. The summed E-state index contributed by atoms with van der Waals surface area (Å²) in [6, 6.07) is -4.16. The summed E-state index contributed by atoms with van der Waals surface area (Å²) in [6.45, 7) is 13.4. The maximum absolute atomic E-state index is 14.1. The highest BCUT2D eigenvalue weighted by Gasteiger charge is 2.49. The van der Waals surface area contributed by atoms with Gasteiger partial charge in [0.25, 0.3) is 5.91 Å². The lowest BCUT2D eigenvalue weighted by Gasteiger charge is -2.36. The maximum atomic E-state index is 14.1. The molecule has 0 bridgehead atoms. The Bertz CT molecular complexity index is 1040. The van der Waals surface area contributed by atoms with Crippen molar-refractivity contribution in [3.05, 3.63) is 0 Å². The number of rotatable bonds is 13. The summed E-state index contributed by atoms with van der Waals surface area (Å²) in [5, 5.41) is 8.35. The van der Waals surface area contributed by atoms with Crippen molar-refractivity contribution in [3.8, 4) is 0 Å². The number of Topliss-reactive ketones (excluding diaryl/α,β-unsaturated/α-hetero) is 2. The van der Waals surface area contributed by atoms with E-state index in [0.717, 1.165) is 25.7 Å². The number of amides is 5. The summed E-state index contributed by atoms with van der Waals surface area (Å²) >= 11 is 0. The van der Waals surface area contributed by atoms with Crippen molar-refractivity contribution in [1.82, 2.24) is 20.9 Å². The molecule has 1 heterocycles. The van der Waals surface area contributed by atoms with Crippen LogP contribution in [0.2, 0.25) is 0 Å². The second-order valence-electron chi connectivity index (χ2n) is 13.8. The van der Waals surface area contributed by atoms with Gasteiger partial charge in [0.1, 0.15) is 12.1 Å². The monoisotopic (exact) mass is 575 g/mol. The second-order valence-corrected chi connectivity index (χ2v) is 13.8. The normalized spacial score (nSPS) is 24.8. The Morgan fingerprint density at radius 1 is 0.951 bits per heavy atom. The number of nitrogens with two attached hydrogens (primary N) is 1. The summed E-state index contributed by atoms with van der Waals surface area (Å²) < 4.78 is 0. The average Bonchev–Trinajstić information content (AvgIpc) is 3.81. The first-order chi connectivity index (χ1) is 19.1. The predicted octanol–water partition coefficient (Wildman–Crippen LogP) is 1.92. The molecule has 0 radical (unpaired) electrons. The molecule has 1 saturated heterocycles. The molecule has 3 fully saturated rings. The van der Waals surface area contributed by atoms with Crippen LogP contribution >= 0.6 is 0 Å². The topological polar surface area (TPSA) is 168 Å². The van der Waals surface area contributed by atoms with E-state index in [1.807, 2.05) is 48.5 Å². The summed E-state index contributed by atoms with van der Waals surface area (Å²) in [6.07, 6.45) is 4.46. The van der Waals surface area contributed by atoms with Crippen molar-refractivity contribution >= 4 is 35.3 Å². The van der Waals surface area contributed by atoms with Crippen LogP contribution in [0, 0.1) is 35.0 Å². The van der Waals surface area contributed by atoms with Crippen LogP contribution < -0.4 is 21.7 Å². The van der Waals surface area contributed by atoms with Gasteiger partial charge in [-0.3, -0.25) is 24.0 Å². The number of nitrogens with zero attached hydrogens (tertiary/aromatic N) is 1. The van der Waals surface area contributed by atoms with Gasteiger partial charge >= 0.3 is 6.03 Å². The zero-order chi connectivity index (χ0) is 30.8. The van der Waals surface area contributed by atoms with Gasteiger partial charge in [0, 0.05) is 12.5 Å². The Morgan fingerprint density at radius 2 is 1.56 bits per heavy atom. The first kappa shape index (κ1) is 32.5. The number of carbonyl (C=O) groups is 6. The van der Waals surface area contributed by atoms with Crippen LogP contribution in [0.15, 0.2) is 0 Å². The molecule has 2 saturated carbocycles. The van der Waals surface area contributed by atoms with E-state index in [2.05, 4.69) is 16.0 Å². The Hall–Kier alpha value is -2.98. The van der Waals surface area contributed by atoms with Crippen molar-refractivity contribution in [1.29, 1.82) is 0 Å². The molecule has 2 aliphatic carbocycles. The molecule has 3 aliphatic rings. The van der Waals surface area contributed by atoms with E-state index in [4.69, 9.17) is 5.73 Å². The molecule has 11 nitrogen and oxygen atoms in total. The standard InChI is InChI=1S/C30H49N5O6/c1-8-19-16(4)14-35(22(19)27(39)32-20(13-17-9-10-17)24(37)26(31)38)28(40)25(30(5,6)7)34-29(41)33-21(15(2)3)23(36)18-11-12-18/h15-22,25H,8-14H2,1-7H3,(H2,31,38)(H,32,39)(H2,33,34,41)/t16?,19-,20?,21-,22-,25+/m0/s1. The lowest BCUT2D eigenvalue weighted by Crippen LogP contribution is -2.61. The Balaban J connectivity index is 1.81.